The highest BCUT2D eigenvalue weighted by molar-refractivity contribution is 4.89. The molecule has 0 aliphatic carbocycles. The number of unbranched alkanes of at least 4 members (excludes halogenated alkanes) is 1. The molecule has 0 aromatic carbocycles. The van der Waals surface area contributed by atoms with Crippen molar-refractivity contribution in [2.75, 3.05) is 0 Å². The minimum atomic E-state index is -0.0532. The molecule has 1 aromatic rings. The van der Waals surface area contributed by atoms with E-state index >= 15 is 0 Å². The molecular formula is C9H15NO. The molecule has 0 atom stereocenters. The molecule has 62 valence electrons. The third-order valence-electron chi connectivity index (χ3n) is 1.18. The summed E-state index contributed by atoms with van der Waals surface area (Å²) in [6.45, 7) is 4.36. The molecule has 1 N–H and O–H groups in total. The largest absolute Gasteiger partial charge is 0.329 e. The molecule has 0 unspecified atom stereocenters. The predicted octanol–water partition coefficient (Wildman–Crippen LogP) is 2.18. The van der Waals surface area contributed by atoms with Gasteiger partial charge in [0.25, 0.3) is 0 Å². The van der Waals surface area contributed by atoms with Gasteiger partial charge in [-0.1, -0.05) is 32.8 Å². The van der Waals surface area contributed by atoms with Crippen molar-refractivity contribution in [1.82, 2.24) is 4.98 Å². The Labute approximate surface area is 67.3 Å². The molecule has 1 rings (SSSR count). The van der Waals surface area contributed by atoms with Crippen LogP contribution in [-0.4, -0.2) is 4.98 Å². The normalized spacial score (nSPS) is 8.18. The highest BCUT2D eigenvalue weighted by Crippen LogP contribution is 1.76. The van der Waals surface area contributed by atoms with Crippen molar-refractivity contribution in [1.29, 1.82) is 0 Å². The lowest BCUT2D eigenvalue weighted by molar-refractivity contribution is 0.886. The summed E-state index contributed by atoms with van der Waals surface area (Å²) in [5.41, 5.74) is -0.0532. The highest BCUT2D eigenvalue weighted by atomic mass is 16.1. The van der Waals surface area contributed by atoms with Crippen molar-refractivity contribution < 1.29 is 0 Å². The zero-order valence-corrected chi connectivity index (χ0v) is 7.13. The first kappa shape index (κ1) is 9.95. The molecule has 2 heteroatoms. The van der Waals surface area contributed by atoms with E-state index in [0.29, 0.717) is 0 Å². The fourth-order valence-corrected chi connectivity index (χ4v) is 0.377. The minimum absolute atomic E-state index is 0.0532. The number of aromatic nitrogens is 1. The lowest BCUT2D eigenvalue weighted by atomic mass is 10.4. The first-order chi connectivity index (χ1) is 5.31. The number of aromatic amines is 1. The molecule has 0 saturated heterocycles. The molecule has 0 aliphatic heterocycles. The number of hydrogen-bond donors (Lipinski definition) is 1. The standard InChI is InChI=1S/C5H5NO.C4H10/c7-5-3-1-2-4-6-5;1-3-4-2/h1-4H,(H,6,7);3-4H2,1-2H3. The van der Waals surface area contributed by atoms with Crippen LogP contribution in [0.2, 0.25) is 0 Å². The van der Waals surface area contributed by atoms with Crippen LogP contribution in [0.3, 0.4) is 0 Å². The molecule has 1 aromatic heterocycles. The van der Waals surface area contributed by atoms with Gasteiger partial charge in [0.05, 0.1) is 0 Å². The van der Waals surface area contributed by atoms with Gasteiger partial charge in [-0.2, -0.15) is 0 Å². The molecule has 0 spiro atoms. The van der Waals surface area contributed by atoms with Gasteiger partial charge < -0.3 is 4.98 Å². The molecule has 0 radical (unpaired) electrons. The first-order valence-electron chi connectivity index (χ1n) is 3.95. The van der Waals surface area contributed by atoms with Crippen LogP contribution in [0.5, 0.6) is 0 Å². The van der Waals surface area contributed by atoms with Gasteiger partial charge in [0, 0.05) is 12.3 Å². The van der Waals surface area contributed by atoms with Crippen LogP contribution in [0.25, 0.3) is 0 Å². The molecule has 1 heterocycles. The SMILES string of the molecule is CCCC.O=c1cccc[nH]1. The maximum absolute atomic E-state index is 10.2. The van der Waals surface area contributed by atoms with E-state index in [1.807, 2.05) is 0 Å². The lowest BCUT2D eigenvalue weighted by Crippen LogP contribution is -1.98. The molecule has 0 saturated carbocycles. The van der Waals surface area contributed by atoms with E-state index < -0.39 is 0 Å². The van der Waals surface area contributed by atoms with Crippen LogP contribution in [0, 0.1) is 0 Å². The molecule has 2 nitrogen and oxygen atoms in total. The second-order valence-corrected chi connectivity index (χ2v) is 2.23. The van der Waals surface area contributed by atoms with E-state index in [4.69, 9.17) is 0 Å². The van der Waals surface area contributed by atoms with Crippen molar-refractivity contribution in [3.63, 3.8) is 0 Å². The highest BCUT2D eigenvalue weighted by Gasteiger charge is 1.69. The minimum Gasteiger partial charge on any atom is -0.329 e. The number of hydrogen-bond acceptors (Lipinski definition) is 1. The summed E-state index contributed by atoms with van der Waals surface area (Å²) in [5.74, 6) is 0. The van der Waals surface area contributed by atoms with Crippen LogP contribution in [0.15, 0.2) is 29.2 Å². The van der Waals surface area contributed by atoms with Crippen LogP contribution in [-0.2, 0) is 0 Å². The molecule has 0 fully saturated rings. The summed E-state index contributed by atoms with van der Waals surface area (Å²) in [6.07, 6.45) is 4.24. The number of pyridine rings is 1. The second kappa shape index (κ2) is 7.06. The van der Waals surface area contributed by atoms with Gasteiger partial charge in [0.1, 0.15) is 0 Å². The van der Waals surface area contributed by atoms with Crippen LogP contribution in [0.1, 0.15) is 26.7 Å². The van der Waals surface area contributed by atoms with Crippen LogP contribution in [0.4, 0.5) is 0 Å². The van der Waals surface area contributed by atoms with Gasteiger partial charge in [-0.15, -0.1) is 0 Å². The maximum Gasteiger partial charge on any atom is 0.247 e. The summed E-state index contributed by atoms with van der Waals surface area (Å²) < 4.78 is 0. The van der Waals surface area contributed by atoms with Gasteiger partial charge >= 0.3 is 0 Å². The van der Waals surface area contributed by atoms with E-state index in [1.165, 1.54) is 18.9 Å². The van der Waals surface area contributed by atoms with Gasteiger partial charge in [0.2, 0.25) is 5.56 Å². The van der Waals surface area contributed by atoms with Crippen molar-refractivity contribution in [3.8, 4) is 0 Å². The topological polar surface area (TPSA) is 32.9 Å². The fraction of sp³-hybridized carbons (Fsp3) is 0.444. The Bertz CT molecular complexity index is 197. The van der Waals surface area contributed by atoms with E-state index in [2.05, 4.69) is 18.8 Å². The van der Waals surface area contributed by atoms with Gasteiger partial charge in [-0.25, -0.2) is 0 Å². The molecule has 0 aliphatic rings. The molecule has 0 bridgehead atoms. The summed E-state index contributed by atoms with van der Waals surface area (Å²) in [4.78, 5) is 12.7. The van der Waals surface area contributed by atoms with E-state index in [-0.39, 0.29) is 5.56 Å². The van der Waals surface area contributed by atoms with Crippen LogP contribution < -0.4 is 5.56 Å². The van der Waals surface area contributed by atoms with E-state index in [0.717, 1.165) is 0 Å². The lowest BCUT2D eigenvalue weighted by Gasteiger charge is -1.73. The van der Waals surface area contributed by atoms with Gasteiger partial charge in [0.15, 0.2) is 0 Å². The predicted molar refractivity (Wildman–Crippen MR) is 47.6 cm³/mol. The van der Waals surface area contributed by atoms with Gasteiger partial charge in [-0.3, -0.25) is 4.79 Å². The zero-order chi connectivity index (χ0) is 8.53. The summed E-state index contributed by atoms with van der Waals surface area (Å²) in [6, 6.07) is 4.93. The molecule has 0 amide bonds. The monoisotopic (exact) mass is 153 g/mol. The first-order valence-corrected chi connectivity index (χ1v) is 3.95. The van der Waals surface area contributed by atoms with Crippen molar-refractivity contribution in [2.45, 2.75) is 26.7 Å². The second-order valence-electron chi connectivity index (χ2n) is 2.23. The summed E-state index contributed by atoms with van der Waals surface area (Å²) in [7, 11) is 0. The Balaban J connectivity index is 0.000000218. The van der Waals surface area contributed by atoms with E-state index in [9.17, 15) is 4.79 Å². The quantitative estimate of drug-likeness (QED) is 0.659. The number of H-pyrrole nitrogens is 1. The van der Waals surface area contributed by atoms with Crippen molar-refractivity contribution in [3.05, 3.63) is 34.7 Å². The maximum atomic E-state index is 10.2. The Morgan fingerprint density at radius 2 is 1.91 bits per heavy atom. The third kappa shape index (κ3) is 6.84. The summed E-state index contributed by atoms with van der Waals surface area (Å²) in [5, 5.41) is 0. The number of nitrogens with one attached hydrogen (secondary N) is 1. The Morgan fingerprint density at radius 1 is 1.27 bits per heavy atom. The average Bonchev–Trinajstić information content (AvgIpc) is 2.07. The fourth-order valence-electron chi connectivity index (χ4n) is 0.377. The third-order valence-corrected chi connectivity index (χ3v) is 1.18. The molecule has 11 heavy (non-hydrogen) atoms. The van der Waals surface area contributed by atoms with E-state index in [1.54, 1.807) is 18.3 Å². The Kier molecular flexibility index (Phi) is 6.39. The Morgan fingerprint density at radius 3 is 2.09 bits per heavy atom. The van der Waals surface area contributed by atoms with Crippen molar-refractivity contribution in [2.24, 2.45) is 0 Å². The van der Waals surface area contributed by atoms with Crippen molar-refractivity contribution >= 4 is 0 Å². The average molecular weight is 153 g/mol. The Hall–Kier alpha value is -1.05. The zero-order valence-electron chi connectivity index (χ0n) is 7.13. The summed E-state index contributed by atoms with van der Waals surface area (Å²) >= 11 is 0. The van der Waals surface area contributed by atoms with Crippen LogP contribution >= 0.6 is 0 Å². The number of rotatable bonds is 1. The van der Waals surface area contributed by atoms with Gasteiger partial charge in [-0.05, 0) is 6.07 Å². The smallest absolute Gasteiger partial charge is 0.247 e. The molecular weight excluding hydrogens is 138 g/mol.